The van der Waals surface area contributed by atoms with Crippen LogP contribution < -0.4 is 22.9 Å². The molecule has 0 saturated carbocycles. The molecule has 132 valence electrons. The Bertz CT molecular complexity index is 701. The SMILES string of the molecule is NC1=CC(C(F)(F)F)=C(c2ccc(N)cc2)C(N)(C(F)(F)F)C1N. The lowest BCUT2D eigenvalue weighted by molar-refractivity contribution is -0.172. The third-order valence-corrected chi connectivity index (χ3v) is 3.82. The second kappa shape index (κ2) is 5.42. The molecule has 1 aromatic rings. The number of halogens is 6. The molecule has 2 atom stereocenters. The van der Waals surface area contributed by atoms with E-state index in [2.05, 4.69) is 0 Å². The fourth-order valence-electron chi connectivity index (χ4n) is 2.56. The lowest BCUT2D eigenvalue weighted by Gasteiger charge is -2.43. The van der Waals surface area contributed by atoms with Crippen LogP contribution in [0.15, 0.2) is 41.6 Å². The predicted molar refractivity (Wildman–Crippen MR) is 77.0 cm³/mol. The first-order valence-corrected chi connectivity index (χ1v) is 6.56. The Labute approximate surface area is 132 Å². The van der Waals surface area contributed by atoms with E-state index >= 15 is 0 Å². The van der Waals surface area contributed by atoms with Crippen molar-refractivity contribution >= 4 is 11.3 Å². The number of hydrogen-bond acceptors (Lipinski definition) is 4. The van der Waals surface area contributed by atoms with Crippen LogP contribution in [-0.4, -0.2) is 23.9 Å². The fourth-order valence-corrected chi connectivity index (χ4v) is 2.56. The van der Waals surface area contributed by atoms with Crippen LogP contribution in [0.4, 0.5) is 32.0 Å². The van der Waals surface area contributed by atoms with Crippen LogP contribution in [0, 0.1) is 0 Å². The van der Waals surface area contributed by atoms with Gasteiger partial charge in [0.25, 0.3) is 0 Å². The van der Waals surface area contributed by atoms with E-state index in [4.69, 9.17) is 22.9 Å². The summed E-state index contributed by atoms with van der Waals surface area (Å²) in [7, 11) is 0. The molecule has 0 spiro atoms. The average Bonchev–Trinajstić information content (AvgIpc) is 2.43. The molecule has 0 amide bonds. The van der Waals surface area contributed by atoms with Gasteiger partial charge in [0.05, 0.1) is 11.6 Å². The molecule has 0 aromatic heterocycles. The zero-order chi connectivity index (χ0) is 18.5. The molecule has 4 nitrogen and oxygen atoms in total. The number of alkyl halides is 6. The lowest BCUT2D eigenvalue weighted by atomic mass is 9.72. The zero-order valence-corrected chi connectivity index (χ0v) is 12.0. The quantitative estimate of drug-likeness (QED) is 0.458. The monoisotopic (exact) mass is 352 g/mol. The van der Waals surface area contributed by atoms with Crippen LogP contribution in [0.5, 0.6) is 0 Å². The van der Waals surface area contributed by atoms with Gasteiger partial charge in [0, 0.05) is 17.0 Å². The molecule has 0 heterocycles. The summed E-state index contributed by atoms with van der Waals surface area (Å²) >= 11 is 0. The zero-order valence-electron chi connectivity index (χ0n) is 12.0. The molecule has 2 rings (SSSR count). The van der Waals surface area contributed by atoms with Crippen molar-refractivity contribution < 1.29 is 26.3 Å². The highest BCUT2D eigenvalue weighted by Gasteiger charge is 2.62. The van der Waals surface area contributed by atoms with Crippen molar-refractivity contribution in [1.82, 2.24) is 0 Å². The Morgan fingerprint density at radius 1 is 0.917 bits per heavy atom. The summed E-state index contributed by atoms with van der Waals surface area (Å²) in [5, 5.41) is 0. The molecule has 0 aliphatic heterocycles. The normalized spacial score (nSPS) is 25.7. The molecule has 2 unspecified atom stereocenters. The van der Waals surface area contributed by atoms with Gasteiger partial charge < -0.3 is 22.9 Å². The number of allylic oxidation sites excluding steroid dienone is 2. The van der Waals surface area contributed by atoms with E-state index in [-0.39, 0.29) is 5.69 Å². The first-order valence-electron chi connectivity index (χ1n) is 6.56. The molecule has 0 radical (unpaired) electrons. The minimum Gasteiger partial charge on any atom is -0.401 e. The maximum atomic E-state index is 13.6. The maximum Gasteiger partial charge on any atom is 0.416 e. The molecule has 8 N–H and O–H groups in total. The summed E-state index contributed by atoms with van der Waals surface area (Å²) in [6.07, 6.45) is -10.0. The van der Waals surface area contributed by atoms with Crippen LogP contribution >= 0.6 is 0 Å². The van der Waals surface area contributed by atoms with Crippen LogP contribution in [0.3, 0.4) is 0 Å². The summed E-state index contributed by atoms with van der Waals surface area (Å²) < 4.78 is 80.9. The smallest absolute Gasteiger partial charge is 0.401 e. The van der Waals surface area contributed by atoms with E-state index in [9.17, 15) is 26.3 Å². The highest BCUT2D eigenvalue weighted by Crippen LogP contribution is 2.49. The number of hydrogen-bond donors (Lipinski definition) is 4. The Morgan fingerprint density at radius 3 is 1.83 bits per heavy atom. The van der Waals surface area contributed by atoms with E-state index in [0.29, 0.717) is 6.08 Å². The Hall–Kier alpha value is -2.20. The second-order valence-corrected chi connectivity index (χ2v) is 5.40. The predicted octanol–water partition coefficient (Wildman–Crippen LogP) is 2.03. The van der Waals surface area contributed by atoms with Gasteiger partial charge in [0.2, 0.25) is 0 Å². The van der Waals surface area contributed by atoms with Gasteiger partial charge >= 0.3 is 12.4 Å². The highest BCUT2D eigenvalue weighted by atomic mass is 19.4. The largest absolute Gasteiger partial charge is 0.416 e. The van der Waals surface area contributed by atoms with Crippen molar-refractivity contribution in [3.8, 4) is 0 Å². The van der Waals surface area contributed by atoms with E-state index in [1.54, 1.807) is 0 Å². The Kier molecular flexibility index (Phi) is 4.09. The first kappa shape index (κ1) is 18.1. The Balaban J connectivity index is 2.90. The molecule has 0 fully saturated rings. The summed E-state index contributed by atoms with van der Waals surface area (Å²) in [6, 6.07) is 2.30. The fraction of sp³-hybridized carbons (Fsp3) is 0.286. The summed E-state index contributed by atoms with van der Waals surface area (Å²) in [6.45, 7) is 0. The maximum absolute atomic E-state index is 13.6. The number of benzene rings is 1. The van der Waals surface area contributed by atoms with Crippen molar-refractivity contribution in [3.05, 3.63) is 47.2 Å². The van der Waals surface area contributed by atoms with Crippen LogP contribution in [0.25, 0.3) is 5.57 Å². The third kappa shape index (κ3) is 2.71. The number of anilines is 1. The topological polar surface area (TPSA) is 104 Å². The number of rotatable bonds is 1. The number of nitrogen functional groups attached to an aromatic ring is 1. The van der Waals surface area contributed by atoms with Gasteiger partial charge in [-0.2, -0.15) is 26.3 Å². The van der Waals surface area contributed by atoms with Crippen LogP contribution in [0.2, 0.25) is 0 Å². The molecule has 0 bridgehead atoms. The van der Waals surface area contributed by atoms with Gasteiger partial charge in [0.1, 0.15) is 0 Å². The number of nitrogens with two attached hydrogens (primary N) is 4. The Morgan fingerprint density at radius 2 is 1.42 bits per heavy atom. The molecule has 1 aliphatic carbocycles. The first-order chi connectivity index (χ1) is 10.8. The molecule has 0 saturated heterocycles. The molecular formula is C14H14F6N4. The van der Waals surface area contributed by atoms with Crippen LogP contribution in [0.1, 0.15) is 5.56 Å². The molecule has 1 aliphatic rings. The van der Waals surface area contributed by atoms with Crippen molar-refractivity contribution in [2.75, 3.05) is 5.73 Å². The average molecular weight is 352 g/mol. The molecular weight excluding hydrogens is 338 g/mol. The third-order valence-electron chi connectivity index (χ3n) is 3.82. The van der Waals surface area contributed by atoms with Crippen LogP contribution in [-0.2, 0) is 0 Å². The summed E-state index contributed by atoms with van der Waals surface area (Å²) in [5.74, 6) is 0. The van der Waals surface area contributed by atoms with E-state index in [1.165, 1.54) is 12.1 Å². The van der Waals surface area contributed by atoms with Crippen molar-refractivity contribution in [2.45, 2.75) is 23.9 Å². The van der Waals surface area contributed by atoms with Gasteiger partial charge in [-0.05, 0) is 23.8 Å². The van der Waals surface area contributed by atoms with Gasteiger partial charge in [-0.25, -0.2) is 0 Å². The minimum absolute atomic E-state index is 0.165. The van der Waals surface area contributed by atoms with E-state index in [0.717, 1.165) is 12.1 Å². The van der Waals surface area contributed by atoms with Gasteiger partial charge in [-0.3, -0.25) is 0 Å². The van der Waals surface area contributed by atoms with Crippen molar-refractivity contribution in [1.29, 1.82) is 0 Å². The lowest BCUT2D eigenvalue weighted by Crippen LogP contribution is -2.68. The minimum atomic E-state index is -5.28. The summed E-state index contributed by atoms with van der Waals surface area (Å²) in [5.41, 5.74) is 14.3. The van der Waals surface area contributed by atoms with Crippen molar-refractivity contribution in [2.24, 2.45) is 17.2 Å². The van der Waals surface area contributed by atoms with E-state index in [1.807, 2.05) is 0 Å². The summed E-state index contributed by atoms with van der Waals surface area (Å²) in [4.78, 5) is 0. The molecule has 1 aromatic carbocycles. The molecule has 24 heavy (non-hydrogen) atoms. The van der Waals surface area contributed by atoms with Gasteiger partial charge in [0.15, 0.2) is 5.54 Å². The van der Waals surface area contributed by atoms with Crippen molar-refractivity contribution in [3.63, 3.8) is 0 Å². The van der Waals surface area contributed by atoms with E-state index < -0.39 is 46.3 Å². The van der Waals surface area contributed by atoms with Gasteiger partial charge in [-0.15, -0.1) is 0 Å². The highest BCUT2D eigenvalue weighted by molar-refractivity contribution is 5.83. The van der Waals surface area contributed by atoms with Gasteiger partial charge in [-0.1, -0.05) is 12.1 Å². The molecule has 10 heteroatoms. The standard InChI is InChI=1S/C14H14F6N4/c15-13(16,17)8-5-9(22)11(23)12(24,14(18,19)20)10(8)6-1-3-7(21)4-2-6/h1-5,11H,21-24H2. The second-order valence-electron chi connectivity index (χ2n) is 5.40.